The highest BCUT2D eigenvalue weighted by Gasteiger charge is 2.20. The van der Waals surface area contributed by atoms with Crippen molar-refractivity contribution in [3.63, 3.8) is 0 Å². The minimum absolute atomic E-state index is 0.0397. The number of rotatable bonds is 1. The first-order valence-corrected chi connectivity index (χ1v) is 5.06. The lowest BCUT2D eigenvalue weighted by Gasteiger charge is -1.94. The number of carbonyl (C=O) groups excluding carboxylic acids is 2. The van der Waals surface area contributed by atoms with Gasteiger partial charge in [0.15, 0.2) is 0 Å². The average Bonchev–Trinajstić information content (AvgIpc) is 2.71. The van der Waals surface area contributed by atoms with Gasteiger partial charge in [-0.2, -0.15) is 0 Å². The van der Waals surface area contributed by atoms with Gasteiger partial charge < -0.3 is 9.47 Å². The molecule has 2 rings (SSSR count). The van der Waals surface area contributed by atoms with Gasteiger partial charge in [0.05, 0.1) is 12.7 Å². The highest BCUT2D eigenvalue weighted by Crippen LogP contribution is 2.20. The Morgan fingerprint density at radius 3 is 3.12 bits per heavy atom. The van der Waals surface area contributed by atoms with Gasteiger partial charge in [0.25, 0.3) is 0 Å². The smallest absolute Gasteiger partial charge is 0.338 e. The molecular weight excluding hydrogens is 220 g/mol. The first-order chi connectivity index (χ1) is 8.20. The van der Waals surface area contributed by atoms with Gasteiger partial charge in [-0.25, -0.2) is 4.79 Å². The van der Waals surface area contributed by atoms with Gasteiger partial charge in [-0.05, 0) is 12.1 Å². The molecule has 4 heteroatoms. The number of ether oxygens (including phenoxy) is 2. The summed E-state index contributed by atoms with van der Waals surface area (Å²) >= 11 is 0. The summed E-state index contributed by atoms with van der Waals surface area (Å²) in [5, 5.41) is 0. The van der Waals surface area contributed by atoms with Crippen LogP contribution in [0.25, 0.3) is 0 Å². The van der Waals surface area contributed by atoms with E-state index in [1.165, 1.54) is 7.11 Å². The molecule has 4 nitrogen and oxygen atoms in total. The number of hydrogen-bond acceptors (Lipinski definition) is 4. The fourth-order valence-corrected chi connectivity index (χ4v) is 1.48. The molecule has 0 aliphatic carbocycles. The molecule has 0 saturated carbocycles. The van der Waals surface area contributed by atoms with E-state index < -0.39 is 0 Å². The van der Waals surface area contributed by atoms with Crippen molar-refractivity contribution >= 4 is 11.9 Å². The second kappa shape index (κ2) is 4.71. The van der Waals surface area contributed by atoms with Crippen LogP contribution in [0.15, 0.2) is 18.2 Å². The zero-order valence-electron chi connectivity index (χ0n) is 9.28. The molecule has 0 spiro atoms. The van der Waals surface area contributed by atoms with Crippen LogP contribution >= 0.6 is 0 Å². The molecule has 0 saturated heterocycles. The predicted molar refractivity (Wildman–Crippen MR) is 59.1 cm³/mol. The first-order valence-electron chi connectivity index (χ1n) is 5.06. The monoisotopic (exact) mass is 230 g/mol. The van der Waals surface area contributed by atoms with Crippen molar-refractivity contribution in [3.8, 4) is 11.8 Å². The Bertz CT molecular complexity index is 534. The van der Waals surface area contributed by atoms with Crippen LogP contribution in [0.5, 0.6) is 0 Å². The summed E-state index contributed by atoms with van der Waals surface area (Å²) in [5.74, 6) is 4.78. The molecular formula is C13H10O4. The summed E-state index contributed by atoms with van der Waals surface area (Å²) in [6.07, 6.45) is 0.0397. The Kier molecular flexibility index (Phi) is 3.10. The number of cyclic esters (lactones) is 1. The average molecular weight is 230 g/mol. The molecule has 1 heterocycles. The number of carbonyl (C=O) groups is 2. The standard InChI is InChI=1S/C13H10O4/c1-16-12(14)4-2-3-9-5-6-10-8-17-13(15)11(10)7-9/h5-7H,4,8H2,1H3. The van der Waals surface area contributed by atoms with Crippen LogP contribution in [-0.4, -0.2) is 19.0 Å². The van der Waals surface area contributed by atoms with E-state index in [9.17, 15) is 9.59 Å². The lowest BCUT2D eigenvalue weighted by Crippen LogP contribution is -1.97. The van der Waals surface area contributed by atoms with Gasteiger partial charge in [0, 0.05) is 11.1 Å². The molecule has 0 atom stereocenters. The van der Waals surface area contributed by atoms with Gasteiger partial charge in [-0.15, -0.1) is 0 Å². The third-order valence-corrected chi connectivity index (χ3v) is 2.38. The summed E-state index contributed by atoms with van der Waals surface area (Å²) in [7, 11) is 1.31. The van der Waals surface area contributed by atoms with E-state index in [1.807, 2.05) is 6.07 Å². The molecule has 1 aliphatic rings. The zero-order valence-corrected chi connectivity index (χ0v) is 9.28. The molecule has 0 unspecified atom stereocenters. The van der Waals surface area contributed by atoms with Gasteiger partial charge in [-0.1, -0.05) is 17.9 Å². The molecule has 0 bridgehead atoms. The summed E-state index contributed by atoms with van der Waals surface area (Å²) in [4.78, 5) is 22.1. The zero-order chi connectivity index (χ0) is 12.3. The lowest BCUT2D eigenvalue weighted by molar-refractivity contribution is -0.139. The summed E-state index contributed by atoms with van der Waals surface area (Å²) in [6, 6.07) is 5.28. The van der Waals surface area contributed by atoms with Gasteiger partial charge in [0.2, 0.25) is 0 Å². The molecule has 1 aromatic rings. The van der Waals surface area contributed by atoms with Crippen LogP contribution in [0, 0.1) is 11.8 Å². The topological polar surface area (TPSA) is 52.6 Å². The largest absolute Gasteiger partial charge is 0.468 e. The summed E-state index contributed by atoms with van der Waals surface area (Å²) in [6.45, 7) is 0.323. The Labute approximate surface area is 98.5 Å². The van der Waals surface area contributed by atoms with Crippen LogP contribution in [0.2, 0.25) is 0 Å². The van der Waals surface area contributed by atoms with E-state index in [1.54, 1.807) is 12.1 Å². The maximum Gasteiger partial charge on any atom is 0.338 e. The molecule has 86 valence electrons. The second-order valence-electron chi connectivity index (χ2n) is 3.50. The highest BCUT2D eigenvalue weighted by molar-refractivity contribution is 5.93. The molecule has 0 N–H and O–H groups in total. The Balaban J connectivity index is 2.16. The van der Waals surface area contributed by atoms with E-state index in [0.717, 1.165) is 5.56 Å². The Morgan fingerprint density at radius 2 is 2.35 bits per heavy atom. The fraction of sp³-hybridized carbons (Fsp3) is 0.231. The molecule has 0 fully saturated rings. The van der Waals surface area contributed by atoms with Crippen molar-refractivity contribution in [1.82, 2.24) is 0 Å². The number of methoxy groups -OCH3 is 1. The van der Waals surface area contributed by atoms with E-state index in [-0.39, 0.29) is 18.4 Å². The van der Waals surface area contributed by atoms with Crippen LogP contribution in [0.4, 0.5) is 0 Å². The van der Waals surface area contributed by atoms with Gasteiger partial charge >= 0.3 is 11.9 Å². The quantitative estimate of drug-likeness (QED) is 0.538. The maximum atomic E-state index is 11.3. The third kappa shape index (κ3) is 2.45. The highest BCUT2D eigenvalue weighted by atomic mass is 16.5. The minimum atomic E-state index is -0.377. The molecule has 0 radical (unpaired) electrons. The Morgan fingerprint density at radius 1 is 1.53 bits per heavy atom. The summed E-state index contributed by atoms with van der Waals surface area (Å²) < 4.78 is 9.34. The normalized spacial score (nSPS) is 12.2. The predicted octanol–water partition coefficient (Wildman–Crippen LogP) is 1.27. The van der Waals surface area contributed by atoms with Crippen LogP contribution < -0.4 is 0 Å². The van der Waals surface area contributed by atoms with Crippen molar-refractivity contribution in [2.75, 3.05) is 7.11 Å². The molecule has 17 heavy (non-hydrogen) atoms. The van der Waals surface area contributed by atoms with E-state index in [4.69, 9.17) is 4.74 Å². The van der Waals surface area contributed by atoms with Crippen LogP contribution in [0.1, 0.15) is 27.9 Å². The first kappa shape index (κ1) is 11.2. The molecule has 1 aromatic carbocycles. The van der Waals surface area contributed by atoms with Crippen molar-refractivity contribution in [2.24, 2.45) is 0 Å². The van der Waals surface area contributed by atoms with Crippen molar-refractivity contribution in [3.05, 3.63) is 34.9 Å². The molecule has 0 aromatic heterocycles. The van der Waals surface area contributed by atoms with E-state index >= 15 is 0 Å². The van der Waals surface area contributed by atoms with Gasteiger partial charge in [-0.3, -0.25) is 4.79 Å². The number of benzene rings is 1. The van der Waals surface area contributed by atoms with Crippen LogP contribution in [0.3, 0.4) is 0 Å². The SMILES string of the molecule is COC(=O)CC#Cc1ccc2c(c1)C(=O)OC2. The van der Waals surface area contributed by atoms with Crippen molar-refractivity contribution in [2.45, 2.75) is 13.0 Å². The van der Waals surface area contributed by atoms with Gasteiger partial charge in [0.1, 0.15) is 13.0 Å². The minimum Gasteiger partial charge on any atom is -0.468 e. The second-order valence-corrected chi connectivity index (χ2v) is 3.50. The maximum absolute atomic E-state index is 11.3. The molecule has 0 amide bonds. The van der Waals surface area contributed by atoms with Crippen LogP contribution in [-0.2, 0) is 20.9 Å². The number of fused-ring (bicyclic) bond motifs is 1. The number of esters is 2. The Hall–Kier alpha value is -2.28. The van der Waals surface area contributed by atoms with Crippen molar-refractivity contribution in [1.29, 1.82) is 0 Å². The van der Waals surface area contributed by atoms with Crippen molar-refractivity contribution < 1.29 is 19.1 Å². The van der Waals surface area contributed by atoms with E-state index in [2.05, 4.69) is 16.6 Å². The lowest BCUT2D eigenvalue weighted by atomic mass is 10.1. The molecule has 1 aliphatic heterocycles. The van der Waals surface area contributed by atoms with E-state index in [0.29, 0.717) is 17.7 Å². The fourth-order valence-electron chi connectivity index (χ4n) is 1.48. The summed E-state index contributed by atoms with van der Waals surface area (Å²) in [5.41, 5.74) is 2.11. The number of hydrogen-bond donors (Lipinski definition) is 0. The third-order valence-electron chi connectivity index (χ3n) is 2.38.